The minimum Gasteiger partial charge on any atom is -0.0654 e. The fourth-order valence-corrected chi connectivity index (χ4v) is 3.67. The van der Waals surface area contributed by atoms with Gasteiger partial charge in [0, 0.05) is 0 Å². The van der Waals surface area contributed by atoms with Crippen LogP contribution in [0.3, 0.4) is 0 Å². The van der Waals surface area contributed by atoms with Gasteiger partial charge in [-0.1, -0.05) is 47.5 Å². The molecule has 0 spiro atoms. The highest BCUT2D eigenvalue weighted by molar-refractivity contribution is 4.87. The predicted octanol–water partition coefficient (Wildman–Crippen LogP) is 5.13. The zero-order chi connectivity index (χ0) is 11.4. The van der Waals surface area contributed by atoms with Gasteiger partial charge in [-0.15, -0.1) is 0 Å². The van der Waals surface area contributed by atoms with Gasteiger partial charge in [0.05, 0.1) is 0 Å². The zero-order valence-corrected chi connectivity index (χ0v) is 11.4. The summed E-state index contributed by atoms with van der Waals surface area (Å²) >= 11 is 0. The summed E-state index contributed by atoms with van der Waals surface area (Å²) in [4.78, 5) is 0. The van der Waals surface area contributed by atoms with E-state index in [1.807, 2.05) is 0 Å². The molecule has 0 radical (unpaired) electrons. The normalized spacial score (nSPS) is 36.4. The largest absolute Gasteiger partial charge is 0.0654 e. The van der Waals surface area contributed by atoms with Crippen molar-refractivity contribution in [1.29, 1.82) is 0 Å². The van der Waals surface area contributed by atoms with Crippen LogP contribution in [0.2, 0.25) is 0 Å². The second-order valence-electron chi connectivity index (χ2n) is 6.29. The summed E-state index contributed by atoms with van der Waals surface area (Å²) in [5.41, 5.74) is 0. The van der Waals surface area contributed by atoms with Crippen LogP contribution in [0, 0.1) is 29.6 Å². The molecule has 0 amide bonds. The third-order valence-electron chi connectivity index (χ3n) is 4.39. The van der Waals surface area contributed by atoms with Gasteiger partial charge in [-0.3, -0.25) is 0 Å². The van der Waals surface area contributed by atoms with E-state index in [1.54, 1.807) is 0 Å². The van der Waals surface area contributed by atoms with Gasteiger partial charge in [-0.25, -0.2) is 0 Å². The van der Waals surface area contributed by atoms with E-state index in [4.69, 9.17) is 0 Å². The van der Waals surface area contributed by atoms with Gasteiger partial charge in [-0.05, 0) is 48.9 Å². The number of unbranched alkanes of at least 4 members (excludes halogenated alkanes) is 1. The monoisotopic (exact) mass is 210 g/mol. The number of hydrogen-bond acceptors (Lipinski definition) is 0. The molecule has 0 saturated heterocycles. The molecule has 0 heterocycles. The van der Waals surface area contributed by atoms with Crippen LogP contribution >= 0.6 is 0 Å². The van der Waals surface area contributed by atoms with Crippen LogP contribution in [0.5, 0.6) is 0 Å². The van der Waals surface area contributed by atoms with E-state index in [0.29, 0.717) is 0 Å². The third-order valence-corrected chi connectivity index (χ3v) is 4.39. The standard InChI is InChI=1S/C15H30/c1-6-7-8-14-12(4)10-13(5)15(14)9-11(2)3/h11-15H,6-10H2,1-5H3. The Morgan fingerprint density at radius 3 is 2.20 bits per heavy atom. The molecule has 15 heavy (non-hydrogen) atoms. The molecule has 4 unspecified atom stereocenters. The molecule has 1 aliphatic carbocycles. The molecule has 1 fully saturated rings. The quantitative estimate of drug-likeness (QED) is 0.590. The molecule has 1 saturated carbocycles. The average molecular weight is 210 g/mol. The van der Waals surface area contributed by atoms with Crippen LogP contribution in [0.25, 0.3) is 0 Å². The Labute approximate surface area is 96.8 Å². The minimum absolute atomic E-state index is 0.881. The topological polar surface area (TPSA) is 0 Å². The van der Waals surface area contributed by atoms with E-state index >= 15 is 0 Å². The summed E-state index contributed by atoms with van der Waals surface area (Å²) in [6.45, 7) is 12.0. The Hall–Kier alpha value is 0. The average Bonchev–Trinajstić information content (AvgIpc) is 2.39. The lowest BCUT2D eigenvalue weighted by molar-refractivity contribution is 0.236. The predicted molar refractivity (Wildman–Crippen MR) is 68.9 cm³/mol. The van der Waals surface area contributed by atoms with Crippen molar-refractivity contribution in [3.05, 3.63) is 0 Å². The van der Waals surface area contributed by atoms with Crippen LogP contribution in [0.4, 0.5) is 0 Å². The van der Waals surface area contributed by atoms with E-state index < -0.39 is 0 Å². The molecule has 90 valence electrons. The molecular formula is C15H30. The van der Waals surface area contributed by atoms with Crippen molar-refractivity contribution in [2.45, 2.75) is 66.7 Å². The van der Waals surface area contributed by atoms with Crippen LogP contribution in [-0.2, 0) is 0 Å². The van der Waals surface area contributed by atoms with Crippen molar-refractivity contribution < 1.29 is 0 Å². The summed E-state index contributed by atoms with van der Waals surface area (Å²) in [6.07, 6.45) is 7.23. The molecule has 0 heteroatoms. The van der Waals surface area contributed by atoms with Crippen LogP contribution in [-0.4, -0.2) is 0 Å². The molecule has 0 aromatic carbocycles. The fourth-order valence-electron chi connectivity index (χ4n) is 3.67. The van der Waals surface area contributed by atoms with Gasteiger partial charge in [0.2, 0.25) is 0 Å². The first-order valence-electron chi connectivity index (χ1n) is 7.06. The van der Waals surface area contributed by atoms with E-state index in [-0.39, 0.29) is 0 Å². The highest BCUT2D eigenvalue weighted by Crippen LogP contribution is 2.46. The second kappa shape index (κ2) is 5.92. The third kappa shape index (κ3) is 3.50. The Morgan fingerprint density at radius 1 is 1.07 bits per heavy atom. The SMILES string of the molecule is CCCCC1C(C)CC(C)C1CC(C)C. The maximum absolute atomic E-state index is 2.48. The summed E-state index contributed by atoms with van der Waals surface area (Å²) in [5, 5.41) is 0. The first-order valence-corrected chi connectivity index (χ1v) is 7.06. The molecule has 0 aromatic rings. The Morgan fingerprint density at radius 2 is 1.67 bits per heavy atom. The van der Waals surface area contributed by atoms with Crippen LogP contribution in [0.15, 0.2) is 0 Å². The van der Waals surface area contributed by atoms with Crippen molar-refractivity contribution >= 4 is 0 Å². The number of hydrogen-bond donors (Lipinski definition) is 0. The van der Waals surface area contributed by atoms with Crippen molar-refractivity contribution in [2.75, 3.05) is 0 Å². The van der Waals surface area contributed by atoms with Crippen LogP contribution < -0.4 is 0 Å². The molecule has 4 atom stereocenters. The van der Waals surface area contributed by atoms with E-state index in [0.717, 1.165) is 29.6 Å². The second-order valence-corrected chi connectivity index (χ2v) is 6.29. The van der Waals surface area contributed by atoms with Crippen molar-refractivity contribution in [1.82, 2.24) is 0 Å². The van der Waals surface area contributed by atoms with Crippen molar-refractivity contribution in [2.24, 2.45) is 29.6 Å². The first kappa shape index (κ1) is 13.1. The molecule has 1 rings (SSSR count). The molecule has 0 aliphatic heterocycles. The molecule has 0 bridgehead atoms. The summed E-state index contributed by atoms with van der Waals surface area (Å²) in [7, 11) is 0. The molecule has 1 aliphatic rings. The molecular weight excluding hydrogens is 180 g/mol. The lowest BCUT2D eigenvalue weighted by atomic mass is 9.79. The summed E-state index contributed by atoms with van der Waals surface area (Å²) in [5.74, 6) is 4.89. The Bertz CT molecular complexity index is 171. The highest BCUT2D eigenvalue weighted by atomic mass is 14.4. The fraction of sp³-hybridized carbons (Fsp3) is 1.00. The minimum atomic E-state index is 0.881. The van der Waals surface area contributed by atoms with Gasteiger partial charge >= 0.3 is 0 Å². The number of rotatable bonds is 5. The van der Waals surface area contributed by atoms with E-state index in [1.165, 1.54) is 32.1 Å². The Balaban J connectivity index is 2.54. The first-order chi connectivity index (χ1) is 7.06. The molecule has 0 aromatic heterocycles. The van der Waals surface area contributed by atoms with Crippen LogP contribution in [0.1, 0.15) is 66.7 Å². The Kier molecular flexibility index (Phi) is 5.15. The lowest BCUT2D eigenvalue weighted by Crippen LogP contribution is -2.18. The van der Waals surface area contributed by atoms with E-state index in [2.05, 4.69) is 34.6 Å². The highest BCUT2D eigenvalue weighted by Gasteiger charge is 2.37. The van der Waals surface area contributed by atoms with Gasteiger partial charge in [0.15, 0.2) is 0 Å². The van der Waals surface area contributed by atoms with Gasteiger partial charge in [0.25, 0.3) is 0 Å². The van der Waals surface area contributed by atoms with Gasteiger partial charge < -0.3 is 0 Å². The lowest BCUT2D eigenvalue weighted by Gasteiger charge is -2.26. The molecule has 0 nitrogen and oxygen atoms in total. The zero-order valence-electron chi connectivity index (χ0n) is 11.4. The van der Waals surface area contributed by atoms with Gasteiger partial charge in [0.1, 0.15) is 0 Å². The summed E-state index contributed by atoms with van der Waals surface area (Å²) in [6, 6.07) is 0. The smallest absolute Gasteiger partial charge is 0.0355 e. The maximum Gasteiger partial charge on any atom is -0.0355 e. The van der Waals surface area contributed by atoms with Crippen molar-refractivity contribution in [3.63, 3.8) is 0 Å². The van der Waals surface area contributed by atoms with Crippen molar-refractivity contribution in [3.8, 4) is 0 Å². The van der Waals surface area contributed by atoms with E-state index in [9.17, 15) is 0 Å². The van der Waals surface area contributed by atoms with Gasteiger partial charge in [-0.2, -0.15) is 0 Å². The summed E-state index contributed by atoms with van der Waals surface area (Å²) < 4.78 is 0. The molecule has 0 N–H and O–H groups in total. The maximum atomic E-state index is 2.48.